The summed E-state index contributed by atoms with van der Waals surface area (Å²) in [7, 11) is 0. The van der Waals surface area contributed by atoms with Crippen LogP contribution >= 0.6 is 0 Å². The molecule has 0 radical (unpaired) electrons. The maximum atomic E-state index is 11.9. The van der Waals surface area contributed by atoms with Gasteiger partial charge in [0.25, 0.3) is 0 Å². The Balaban J connectivity index is 2.67. The van der Waals surface area contributed by atoms with E-state index in [9.17, 15) is 9.59 Å². The molecule has 0 aromatic heterocycles. The minimum Gasteiger partial charge on any atom is -0.481 e. The average molecular weight is 278 g/mol. The van der Waals surface area contributed by atoms with E-state index in [0.717, 1.165) is 5.56 Å². The van der Waals surface area contributed by atoms with Crippen LogP contribution in [0.4, 0.5) is 10.5 Å². The number of nitrogens with zero attached hydrogens (tertiary/aromatic N) is 1. The number of rotatable bonds is 6. The maximum Gasteiger partial charge on any atom is 0.321 e. The summed E-state index contributed by atoms with van der Waals surface area (Å²) in [5, 5.41) is 11.6. The fourth-order valence-electron chi connectivity index (χ4n) is 1.99. The lowest BCUT2D eigenvalue weighted by molar-refractivity contribution is -0.137. The van der Waals surface area contributed by atoms with Gasteiger partial charge in [-0.1, -0.05) is 19.1 Å². The number of hydrogen-bond acceptors (Lipinski definition) is 2. The molecular weight excluding hydrogens is 256 g/mol. The Morgan fingerprint density at radius 2 is 1.75 bits per heavy atom. The Morgan fingerprint density at radius 3 is 2.20 bits per heavy atom. The van der Waals surface area contributed by atoms with E-state index in [2.05, 4.69) is 5.32 Å². The topological polar surface area (TPSA) is 69.6 Å². The zero-order valence-corrected chi connectivity index (χ0v) is 12.2. The van der Waals surface area contributed by atoms with Crippen LogP contribution in [0.2, 0.25) is 0 Å². The first-order valence-corrected chi connectivity index (χ1v) is 6.85. The van der Waals surface area contributed by atoms with Gasteiger partial charge in [-0.15, -0.1) is 0 Å². The largest absolute Gasteiger partial charge is 0.481 e. The van der Waals surface area contributed by atoms with Crippen LogP contribution in [0.25, 0.3) is 0 Å². The summed E-state index contributed by atoms with van der Waals surface area (Å²) in [4.78, 5) is 24.2. The third kappa shape index (κ3) is 4.57. The molecule has 0 fully saturated rings. The van der Waals surface area contributed by atoms with Crippen molar-refractivity contribution in [2.24, 2.45) is 0 Å². The van der Waals surface area contributed by atoms with Crippen molar-refractivity contribution in [2.75, 3.05) is 18.4 Å². The fourth-order valence-corrected chi connectivity index (χ4v) is 1.99. The Hall–Kier alpha value is -2.04. The van der Waals surface area contributed by atoms with Crippen molar-refractivity contribution >= 4 is 17.7 Å². The second-order valence-corrected chi connectivity index (χ2v) is 4.72. The lowest BCUT2D eigenvalue weighted by atomic mass is 9.98. The maximum absolute atomic E-state index is 11.9. The quantitative estimate of drug-likeness (QED) is 0.839. The van der Waals surface area contributed by atoms with Crippen LogP contribution in [0.1, 0.15) is 38.7 Å². The number of anilines is 1. The smallest absolute Gasteiger partial charge is 0.321 e. The van der Waals surface area contributed by atoms with Crippen molar-refractivity contribution in [1.29, 1.82) is 0 Å². The van der Waals surface area contributed by atoms with E-state index in [1.165, 1.54) is 0 Å². The van der Waals surface area contributed by atoms with Crippen LogP contribution in [0.15, 0.2) is 24.3 Å². The molecule has 0 spiro atoms. The highest BCUT2D eigenvalue weighted by atomic mass is 16.4. The molecule has 0 saturated carbocycles. The van der Waals surface area contributed by atoms with Gasteiger partial charge in [0.2, 0.25) is 0 Å². The average Bonchev–Trinajstić information content (AvgIpc) is 2.40. The molecule has 1 aromatic rings. The molecule has 110 valence electrons. The second-order valence-electron chi connectivity index (χ2n) is 4.72. The van der Waals surface area contributed by atoms with E-state index >= 15 is 0 Å². The van der Waals surface area contributed by atoms with Crippen molar-refractivity contribution in [1.82, 2.24) is 4.90 Å². The zero-order valence-electron chi connectivity index (χ0n) is 12.2. The molecule has 0 saturated heterocycles. The van der Waals surface area contributed by atoms with Gasteiger partial charge in [-0.25, -0.2) is 4.79 Å². The number of carboxylic acid groups (broad SMARTS) is 1. The molecule has 0 aliphatic heterocycles. The SMILES string of the molecule is CCN(CC)C(=O)Nc1ccc(C(C)CC(=O)O)cc1. The van der Waals surface area contributed by atoms with Gasteiger partial charge in [0.15, 0.2) is 0 Å². The number of carboxylic acids is 1. The van der Waals surface area contributed by atoms with Crippen LogP contribution in [0.5, 0.6) is 0 Å². The van der Waals surface area contributed by atoms with Crippen LogP contribution in [-0.4, -0.2) is 35.1 Å². The number of hydrogen-bond donors (Lipinski definition) is 2. The third-order valence-electron chi connectivity index (χ3n) is 3.26. The molecule has 1 atom stereocenters. The van der Waals surface area contributed by atoms with Crippen molar-refractivity contribution in [3.8, 4) is 0 Å². The molecule has 1 unspecified atom stereocenters. The normalized spacial score (nSPS) is 11.8. The summed E-state index contributed by atoms with van der Waals surface area (Å²) in [5.74, 6) is -0.851. The van der Waals surface area contributed by atoms with Crippen molar-refractivity contribution in [2.45, 2.75) is 33.1 Å². The van der Waals surface area contributed by atoms with Gasteiger partial charge >= 0.3 is 12.0 Å². The number of aliphatic carboxylic acids is 1. The van der Waals surface area contributed by atoms with E-state index < -0.39 is 5.97 Å². The van der Waals surface area contributed by atoms with Gasteiger partial charge in [-0.05, 0) is 37.5 Å². The summed E-state index contributed by atoms with van der Waals surface area (Å²) in [6.45, 7) is 7.06. The minimum absolute atomic E-state index is 0.0416. The van der Waals surface area contributed by atoms with Crippen molar-refractivity contribution < 1.29 is 14.7 Å². The van der Waals surface area contributed by atoms with Crippen molar-refractivity contribution in [3.63, 3.8) is 0 Å². The summed E-state index contributed by atoms with van der Waals surface area (Å²) in [6, 6.07) is 7.18. The van der Waals surface area contributed by atoms with E-state index in [-0.39, 0.29) is 18.4 Å². The number of nitrogens with one attached hydrogen (secondary N) is 1. The van der Waals surface area contributed by atoms with Crippen molar-refractivity contribution in [3.05, 3.63) is 29.8 Å². The summed E-state index contributed by atoms with van der Waals surface area (Å²) in [5.41, 5.74) is 1.67. The number of carbonyl (C=O) groups excluding carboxylic acids is 1. The van der Waals surface area contributed by atoms with Gasteiger partial charge in [-0.3, -0.25) is 4.79 Å². The van der Waals surface area contributed by atoms with Crippen LogP contribution in [0.3, 0.4) is 0 Å². The minimum atomic E-state index is -0.809. The van der Waals surface area contributed by atoms with Crippen LogP contribution < -0.4 is 5.32 Å². The lowest BCUT2D eigenvalue weighted by Crippen LogP contribution is -2.34. The highest BCUT2D eigenvalue weighted by Gasteiger charge is 2.11. The Kier molecular flexibility index (Phi) is 6.03. The first kappa shape index (κ1) is 16.0. The predicted molar refractivity (Wildman–Crippen MR) is 79.0 cm³/mol. The van der Waals surface area contributed by atoms with Gasteiger partial charge in [0.05, 0.1) is 6.42 Å². The molecule has 0 aliphatic carbocycles. The molecule has 5 heteroatoms. The van der Waals surface area contributed by atoms with Crippen LogP contribution in [0, 0.1) is 0 Å². The van der Waals surface area contributed by atoms with Gasteiger partial charge in [-0.2, -0.15) is 0 Å². The van der Waals surface area contributed by atoms with Crippen LogP contribution in [-0.2, 0) is 4.79 Å². The molecule has 2 N–H and O–H groups in total. The Labute approximate surface area is 119 Å². The standard InChI is InChI=1S/C15H22N2O3/c1-4-17(5-2)15(20)16-13-8-6-12(7-9-13)11(3)10-14(18)19/h6-9,11H,4-5,10H2,1-3H3,(H,16,20)(H,18,19). The molecule has 2 amide bonds. The Bertz CT molecular complexity index is 453. The van der Waals surface area contributed by atoms with E-state index in [1.807, 2.05) is 32.9 Å². The molecular formula is C15H22N2O3. The summed E-state index contributed by atoms with van der Waals surface area (Å²) >= 11 is 0. The van der Waals surface area contributed by atoms with E-state index in [0.29, 0.717) is 18.8 Å². The first-order valence-electron chi connectivity index (χ1n) is 6.85. The van der Waals surface area contributed by atoms with Gasteiger partial charge < -0.3 is 15.3 Å². The number of urea groups is 1. The van der Waals surface area contributed by atoms with E-state index in [4.69, 9.17) is 5.11 Å². The molecule has 0 aliphatic rings. The fraction of sp³-hybridized carbons (Fsp3) is 0.467. The van der Waals surface area contributed by atoms with E-state index in [1.54, 1.807) is 17.0 Å². The molecule has 1 rings (SSSR count). The summed E-state index contributed by atoms with van der Waals surface area (Å²) in [6.07, 6.45) is 0.102. The highest BCUT2D eigenvalue weighted by molar-refractivity contribution is 5.89. The second kappa shape index (κ2) is 7.53. The summed E-state index contributed by atoms with van der Waals surface area (Å²) < 4.78 is 0. The number of carbonyl (C=O) groups is 2. The first-order chi connectivity index (χ1) is 9.47. The molecule has 5 nitrogen and oxygen atoms in total. The lowest BCUT2D eigenvalue weighted by Gasteiger charge is -2.19. The molecule has 0 heterocycles. The Morgan fingerprint density at radius 1 is 1.20 bits per heavy atom. The third-order valence-corrected chi connectivity index (χ3v) is 3.26. The molecule has 0 bridgehead atoms. The van der Waals surface area contributed by atoms with Gasteiger partial charge in [0, 0.05) is 18.8 Å². The molecule has 20 heavy (non-hydrogen) atoms. The predicted octanol–water partition coefficient (Wildman–Crippen LogP) is 3.14. The zero-order chi connectivity index (χ0) is 15.1. The molecule has 1 aromatic carbocycles. The number of amides is 2. The number of benzene rings is 1. The van der Waals surface area contributed by atoms with Gasteiger partial charge in [0.1, 0.15) is 0 Å². The highest BCUT2D eigenvalue weighted by Crippen LogP contribution is 2.21. The monoisotopic (exact) mass is 278 g/mol.